The first-order chi connectivity index (χ1) is 11.4. The first kappa shape index (κ1) is 16.5. The van der Waals surface area contributed by atoms with E-state index in [1.54, 1.807) is 6.92 Å². The summed E-state index contributed by atoms with van der Waals surface area (Å²) >= 11 is 0. The van der Waals surface area contributed by atoms with Crippen LogP contribution >= 0.6 is 0 Å². The molecular formula is C16H16FNO6. The Morgan fingerprint density at radius 1 is 1.29 bits per heavy atom. The van der Waals surface area contributed by atoms with E-state index in [-0.39, 0.29) is 30.9 Å². The van der Waals surface area contributed by atoms with Gasteiger partial charge in [-0.2, -0.15) is 0 Å². The molecule has 0 aromatic heterocycles. The largest absolute Gasteiger partial charge is 0.469 e. The summed E-state index contributed by atoms with van der Waals surface area (Å²) < 4.78 is 29.0. The third-order valence-electron chi connectivity index (χ3n) is 4.28. The maximum absolute atomic E-state index is 13.3. The minimum absolute atomic E-state index is 0.0259. The molecule has 8 heteroatoms. The molecule has 0 radical (unpaired) electrons. The van der Waals surface area contributed by atoms with Gasteiger partial charge in [-0.25, -0.2) is 4.39 Å². The number of hydrogen-bond acceptors (Lipinski definition) is 6. The van der Waals surface area contributed by atoms with E-state index in [0.29, 0.717) is 0 Å². The van der Waals surface area contributed by atoms with Crippen LogP contribution in [0, 0.1) is 11.7 Å². The Morgan fingerprint density at radius 2 is 1.92 bits per heavy atom. The zero-order valence-electron chi connectivity index (χ0n) is 13.2. The first-order valence-corrected chi connectivity index (χ1v) is 7.39. The van der Waals surface area contributed by atoms with Gasteiger partial charge >= 0.3 is 5.97 Å². The number of methoxy groups -OCH3 is 1. The predicted octanol–water partition coefficient (Wildman–Crippen LogP) is 0.974. The maximum Gasteiger partial charge on any atom is 0.315 e. The van der Waals surface area contributed by atoms with Gasteiger partial charge in [0.05, 0.1) is 31.5 Å². The van der Waals surface area contributed by atoms with Crippen molar-refractivity contribution in [1.82, 2.24) is 4.90 Å². The van der Waals surface area contributed by atoms with Crippen LogP contribution in [0.1, 0.15) is 27.6 Å². The Hall–Kier alpha value is -2.32. The van der Waals surface area contributed by atoms with E-state index in [2.05, 4.69) is 0 Å². The minimum Gasteiger partial charge on any atom is -0.469 e. The van der Waals surface area contributed by atoms with Crippen LogP contribution in [0.25, 0.3) is 0 Å². The van der Waals surface area contributed by atoms with Crippen molar-refractivity contribution in [2.24, 2.45) is 5.92 Å². The highest BCUT2D eigenvalue weighted by molar-refractivity contribution is 6.21. The standard InChI is InChI=1S/C16H16FNO6/c1-16(23-5-6-24-16)12(15(21)22-2)8-18-13(19)10-4-3-9(17)7-11(10)14(18)20/h3-4,7,12H,5-6,8H2,1-2H3. The van der Waals surface area contributed by atoms with Crippen molar-refractivity contribution in [2.45, 2.75) is 12.7 Å². The van der Waals surface area contributed by atoms with Crippen LogP contribution in [0.3, 0.4) is 0 Å². The normalized spacial score (nSPS) is 20.2. The summed E-state index contributed by atoms with van der Waals surface area (Å²) in [4.78, 5) is 37.9. The summed E-state index contributed by atoms with van der Waals surface area (Å²) in [7, 11) is 1.20. The summed E-state index contributed by atoms with van der Waals surface area (Å²) in [5.41, 5.74) is 0.0745. The Kier molecular flexibility index (Phi) is 4.10. The van der Waals surface area contributed by atoms with Gasteiger partial charge in [-0.05, 0) is 25.1 Å². The molecular weight excluding hydrogens is 321 g/mol. The van der Waals surface area contributed by atoms with E-state index >= 15 is 0 Å². The smallest absolute Gasteiger partial charge is 0.315 e. The van der Waals surface area contributed by atoms with E-state index in [4.69, 9.17) is 14.2 Å². The fourth-order valence-corrected chi connectivity index (χ4v) is 2.94. The van der Waals surface area contributed by atoms with Crippen molar-refractivity contribution in [3.05, 3.63) is 35.1 Å². The van der Waals surface area contributed by atoms with E-state index in [9.17, 15) is 18.8 Å². The number of carbonyl (C=O) groups is 3. The van der Waals surface area contributed by atoms with Gasteiger partial charge < -0.3 is 14.2 Å². The number of imide groups is 1. The fraction of sp³-hybridized carbons (Fsp3) is 0.438. The number of carbonyl (C=O) groups excluding carboxylic acids is 3. The van der Waals surface area contributed by atoms with E-state index in [1.807, 2.05) is 0 Å². The lowest BCUT2D eigenvalue weighted by Gasteiger charge is -2.32. The molecule has 0 saturated carbocycles. The lowest BCUT2D eigenvalue weighted by molar-refractivity contribution is -0.199. The van der Waals surface area contributed by atoms with Gasteiger partial charge in [-0.1, -0.05) is 0 Å². The second-order valence-corrected chi connectivity index (χ2v) is 5.70. The average molecular weight is 337 g/mol. The van der Waals surface area contributed by atoms with Crippen molar-refractivity contribution in [3.63, 3.8) is 0 Å². The highest BCUT2D eigenvalue weighted by Crippen LogP contribution is 2.32. The molecule has 1 atom stereocenters. The zero-order chi connectivity index (χ0) is 17.5. The van der Waals surface area contributed by atoms with Crippen LogP contribution in [0.4, 0.5) is 4.39 Å². The average Bonchev–Trinajstić information content (AvgIpc) is 3.09. The van der Waals surface area contributed by atoms with E-state index < -0.39 is 35.3 Å². The second-order valence-electron chi connectivity index (χ2n) is 5.70. The van der Waals surface area contributed by atoms with Crippen molar-refractivity contribution < 1.29 is 33.0 Å². The Labute approximate surface area is 137 Å². The molecule has 2 aliphatic rings. The molecule has 1 saturated heterocycles. The molecule has 2 amide bonds. The van der Waals surface area contributed by atoms with Gasteiger partial charge in [0.2, 0.25) is 0 Å². The topological polar surface area (TPSA) is 82.1 Å². The van der Waals surface area contributed by atoms with Crippen molar-refractivity contribution in [3.8, 4) is 0 Å². The zero-order valence-corrected chi connectivity index (χ0v) is 13.2. The number of esters is 1. The van der Waals surface area contributed by atoms with Crippen LogP contribution < -0.4 is 0 Å². The number of rotatable bonds is 4. The molecule has 24 heavy (non-hydrogen) atoms. The Balaban J connectivity index is 1.90. The van der Waals surface area contributed by atoms with Crippen molar-refractivity contribution >= 4 is 17.8 Å². The van der Waals surface area contributed by atoms with Crippen molar-refractivity contribution in [1.29, 1.82) is 0 Å². The summed E-state index contributed by atoms with van der Waals surface area (Å²) in [6.45, 7) is 1.85. The van der Waals surface area contributed by atoms with Crippen LogP contribution in [0.2, 0.25) is 0 Å². The number of halogens is 1. The number of fused-ring (bicyclic) bond motifs is 1. The van der Waals surface area contributed by atoms with Crippen LogP contribution in [-0.4, -0.2) is 55.3 Å². The van der Waals surface area contributed by atoms with E-state index in [1.165, 1.54) is 13.2 Å². The number of amides is 2. The van der Waals surface area contributed by atoms with Gasteiger partial charge in [0.1, 0.15) is 11.7 Å². The molecule has 1 unspecified atom stereocenters. The second kappa shape index (κ2) is 5.95. The fourth-order valence-electron chi connectivity index (χ4n) is 2.94. The lowest BCUT2D eigenvalue weighted by atomic mass is 9.99. The van der Waals surface area contributed by atoms with Gasteiger partial charge in [-0.3, -0.25) is 19.3 Å². The molecule has 7 nitrogen and oxygen atoms in total. The number of benzene rings is 1. The summed E-state index contributed by atoms with van der Waals surface area (Å²) in [5, 5.41) is 0. The van der Waals surface area contributed by atoms with Crippen LogP contribution in [-0.2, 0) is 19.0 Å². The van der Waals surface area contributed by atoms with Gasteiger partial charge in [-0.15, -0.1) is 0 Å². The van der Waals surface area contributed by atoms with Crippen molar-refractivity contribution in [2.75, 3.05) is 26.9 Å². The van der Waals surface area contributed by atoms with Gasteiger partial charge in [0, 0.05) is 6.54 Å². The summed E-state index contributed by atoms with van der Waals surface area (Å²) in [6.07, 6.45) is 0. The lowest BCUT2D eigenvalue weighted by Crippen LogP contribution is -2.49. The SMILES string of the molecule is COC(=O)C(CN1C(=O)c2ccc(F)cc2C1=O)C1(C)OCCO1. The summed E-state index contributed by atoms with van der Waals surface area (Å²) in [5.74, 6) is -4.85. The molecule has 1 aromatic carbocycles. The van der Waals surface area contributed by atoms with Gasteiger partial charge in [0.25, 0.3) is 11.8 Å². The first-order valence-electron chi connectivity index (χ1n) is 7.39. The number of hydrogen-bond donors (Lipinski definition) is 0. The molecule has 0 bridgehead atoms. The Morgan fingerprint density at radius 3 is 2.54 bits per heavy atom. The third kappa shape index (κ3) is 2.57. The molecule has 2 heterocycles. The highest BCUT2D eigenvalue weighted by atomic mass is 19.1. The maximum atomic E-state index is 13.3. The number of ether oxygens (including phenoxy) is 3. The van der Waals surface area contributed by atoms with E-state index in [0.717, 1.165) is 17.0 Å². The minimum atomic E-state index is -1.30. The molecule has 0 aliphatic carbocycles. The number of nitrogens with zero attached hydrogens (tertiary/aromatic N) is 1. The molecule has 1 fully saturated rings. The molecule has 0 N–H and O–H groups in total. The molecule has 128 valence electrons. The molecule has 1 aromatic rings. The third-order valence-corrected chi connectivity index (χ3v) is 4.28. The van der Waals surface area contributed by atoms with Gasteiger partial charge in [0.15, 0.2) is 5.79 Å². The molecule has 3 rings (SSSR count). The van der Waals surface area contributed by atoms with Crippen LogP contribution in [0.15, 0.2) is 18.2 Å². The summed E-state index contributed by atoms with van der Waals surface area (Å²) in [6, 6.07) is 3.37. The Bertz CT molecular complexity index is 713. The van der Waals surface area contributed by atoms with Crippen LogP contribution in [0.5, 0.6) is 0 Å². The predicted molar refractivity (Wildman–Crippen MR) is 77.6 cm³/mol. The quantitative estimate of drug-likeness (QED) is 0.602. The monoisotopic (exact) mass is 337 g/mol. The highest BCUT2D eigenvalue weighted by Gasteiger charge is 2.49. The molecule has 0 spiro atoms. The molecule has 2 aliphatic heterocycles.